The number of hydrogen-bond donors (Lipinski definition) is 2. The average molecular weight is 213 g/mol. The minimum absolute atomic E-state index is 0.201. The van der Waals surface area contributed by atoms with Gasteiger partial charge in [-0.1, -0.05) is 12.8 Å². The van der Waals surface area contributed by atoms with E-state index in [9.17, 15) is 5.11 Å². The normalized spacial score (nSPS) is 36.2. The van der Waals surface area contributed by atoms with Crippen molar-refractivity contribution >= 4 is 0 Å². The number of rotatable bonds is 4. The van der Waals surface area contributed by atoms with E-state index >= 15 is 0 Å². The molecule has 2 unspecified atom stereocenters. The summed E-state index contributed by atoms with van der Waals surface area (Å²) in [6.45, 7) is 3.93. The summed E-state index contributed by atoms with van der Waals surface area (Å²) in [5, 5.41) is 10.6. The maximum Gasteiger partial charge on any atom is 0.0712 e. The van der Waals surface area contributed by atoms with Crippen molar-refractivity contribution in [3.05, 3.63) is 0 Å². The van der Waals surface area contributed by atoms with Gasteiger partial charge in [-0.3, -0.25) is 0 Å². The van der Waals surface area contributed by atoms with Crippen LogP contribution in [-0.4, -0.2) is 30.5 Å². The zero-order chi connectivity index (χ0) is 10.9. The van der Waals surface area contributed by atoms with Crippen molar-refractivity contribution in [2.75, 3.05) is 19.8 Å². The fraction of sp³-hybridized carbons (Fsp3) is 1.00. The predicted molar refractivity (Wildman–Crippen MR) is 59.5 cm³/mol. The lowest BCUT2D eigenvalue weighted by Crippen LogP contribution is -2.55. The van der Waals surface area contributed by atoms with Crippen LogP contribution < -0.4 is 5.73 Å². The topological polar surface area (TPSA) is 55.5 Å². The smallest absolute Gasteiger partial charge is 0.0712 e. The average Bonchev–Trinajstić information content (AvgIpc) is 3.02. The molecule has 2 aliphatic rings. The molecule has 0 amide bonds. The first-order valence-electron chi connectivity index (χ1n) is 6.10. The monoisotopic (exact) mass is 213 g/mol. The van der Waals surface area contributed by atoms with Crippen LogP contribution in [0.2, 0.25) is 0 Å². The molecule has 3 nitrogen and oxygen atoms in total. The summed E-state index contributed by atoms with van der Waals surface area (Å²) in [5.74, 6) is 0.727. The van der Waals surface area contributed by atoms with Crippen LogP contribution in [0.15, 0.2) is 0 Å². The largest absolute Gasteiger partial charge is 0.389 e. The first kappa shape index (κ1) is 11.4. The molecular formula is C12H23NO2. The van der Waals surface area contributed by atoms with E-state index in [1.54, 1.807) is 0 Å². The summed E-state index contributed by atoms with van der Waals surface area (Å²) in [4.78, 5) is 0. The van der Waals surface area contributed by atoms with E-state index in [4.69, 9.17) is 10.5 Å². The molecule has 0 aromatic carbocycles. The lowest BCUT2D eigenvalue weighted by molar-refractivity contribution is -0.139. The molecule has 0 aromatic heterocycles. The number of nitrogens with two attached hydrogens (primary N) is 1. The van der Waals surface area contributed by atoms with Crippen LogP contribution in [0.3, 0.4) is 0 Å². The maximum absolute atomic E-state index is 10.6. The number of ether oxygens (including phenoxy) is 1. The minimum atomic E-state index is -0.649. The van der Waals surface area contributed by atoms with Crippen LogP contribution in [0.25, 0.3) is 0 Å². The molecule has 3 heteroatoms. The molecule has 0 bridgehead atoms. The quantitative estimate of drug-likeness (QED) is 0.740. The zero-order valence-corrected chi connectivity index (χ0v) is 9.67. The zero-order valence-electron chi connectivity index (χ0n) is 9.67. The molecule has 1 saturated carbocycles. The summed E-state index contributed by atoms with van der Waals surface area (Å²) < 4.78 is 5.52. The third-order valence-corrected chi connectivity index (χ3v) is 4.24. The fourth-order valence-corrected chi connectivity index (χ4v) is 2.76. The molecule has 1 aliphatic carbocycles. The molecule has 88 valence electrons. The summed E-state index contributed by atoms with van der Waals surface area (Å²) in [5.41, 5.74) is 5.03. The van der Waals surface area contributed by atoms with Gasteiger partial charge in [0, 0.05) is 18.6 Å². The Labute approximate surface area is 92.0 Å². The molecule has 1 saturated heterocycles. The highest BCUT2D eigenvalue weighted by atomic mass is 16.5. The Morgan fingerprint density at radius 2 is 2.27 bits per heavy atom. The van der Waals surface area contributed by atoms with Crippen molar-refractivity contribution in [3.8, 4) is 0 Å². The van der Waals surface area contributed by atoms with Crippen LogP contribution in [0.5, 0.6) is 0 Å². The highest BCUT2D eigenvalue weighted by molar-refractivity contribution is 5.00. The van der Waals surface area contributed by atoms with Gasteiger partial charge in [0.05, 0.1) is 12.2 Å². The highest BCUT2D eigenvalue weighted by Crippen LogP contribution is 2.46. The van der Waals surface area contributed by atoms with Gasteiger partial charge < -0.3 is 15.6 Å². The van der Waals surface area contributed by atoms with Crippen molar-refractivity contribution in [1.82, 2.24) is 0 Å². The molecule has 2 rings (SSSR count). The summed E-state index contributed by atoms with van der Waals surface area (Å²) in [6.07, 6.45) is 5.48. The Morgan fingerprint density at radius 3 is 2.73 bits per heavy atom. The van der Waals surface area contributed by atoms with Gasteiger partial charge >= 0.3 is 0 Å². The predicted octanol–water partition coefficient (Wildman–Crippen LogP) is 1.29. The molecule has 1 heterocycles. The molecule has 15 heavy (non-hydrogen) atoms. The second-order valence-electron chi connectivity index (χ2n) is 5.56. The molecular weight excluding hydrogens is 190 g/mol. The third kappa shape index (κ3) is 2.19. The van der Waals surface area contributed by atoms with Crippen LogP contribution in [0, 0.1) is 11.3 Å². The van der Waals surface area contributed by atoms with Gasteiger partial charge in [0.25, 0.3) is 0 Å². The summed E-state index contributed by atoms with van der Waals surface area (Å²) in [6, 6.07) is 0. The molecule has 0 aromatic rings. The van der Waals surface area contributed by atoms with Gasteiger partial charge in [-0.05, 0) is 32.1 Å². The Bertz CT molecular complexity index is 218. The summed E-state index contributed by atoms with van der Waals surface area (Å²) >= 11 is 0. The fourth-order valence-electron chi connectivity index (χ4n) is 2.76. The van der Waals surface area contributed by atoms with Crippen molar-refractivity contribution in [2.24, 2.45) is 17.1 Å². The number of hydrogen-bond acceptors (Lipinski definition) is 3. The van der Waals surface area contributed by atoms with Gasteiger partial charge in [-0.15, -0.1) is 0 Å². The SMILES string of the molecule is CC(O)(CC1CC1)C1(CN)CCCOC1. The van der Waals surface area contributed by atoms with Gasteiger partial charge in [0.2, 0.25) is 0 Å². The lowest BCUT2D eigenvalue weighted by Gasteiger charge is -2.47. The van der Waals surface area contributed by atoms with Crippen LogP contribution in [0.4, 0.5) is 0 Å². The van der Waals surface area contributed by atoms with Crippen molar-refractivity contribution in [2.45, 2.75) is 44.6 Å². The highest BCUT2D eigenvalue weighted by Gasteiger charge is 2.49. The van der Waals surface area contributed by atoms with Gasteiger partial charge in [0.15, 0.2) is 0 Å². The second-order valence-corrected chi connectivity index (χ2v) is 5.56. The Morgan fingerprint density at radius 1 is 1.53 bits per heavy atom. The molecule has 0 radical (unpaired) electrons. The van der Waals surface area contributed by atoms with Gasteiger partial charge in [-0.2, -0.15) is 0 Å². The van der Waals surface area contributed by atoms with Gasteiger partial charge in [0.1, 0.15) is 0 Å². The van der Waals surface area contributed by atoms with Crippen molar-refractivity contribution in [3.63, 3.8) is 0 Å². The second kappa shape index (κ2) is 4.04. The Balaban J connectivity index is 2.07. The number of aliphatic hydroxyl groups is 1. The van der Waals surface area contributed by atoms with Crippen molar-refractivity contribution < 1.29 is 9.84 Å². The van der Waals surface area contributed by atoms with E-state index in [1.165, 1.54) is 12.8 Å². The van der Waals surface area contributed by atoms with Crippen LogP contribution >= 0.6 is 0 Å². The third-order valence-electron chi connectivity index (χ3n) is 4.24. The summed E-state index contributed by atoms with van der Waals surface area (Å²) in [7, 11) is 0. The maximum atomic E-state index is 10.6. The van der Waals surface area contributed by atoms with E-state index in [0.29, 0.717) is 13.2 Å². The Kier molecular flexibility index (Phi) is 3.06. The first-order valence-corrected chi connectivity index (χ1v) is 6.10. The van der Waals surface area contributed by atoms with E-state index in [0.717, 1.165) is 31.8 Å². The van der Waals surface area contributed by atoms with Crippen LogP contribution in [0.1, 0.15) is 39.0 Å². The minimum Gasteiger partial charge on any atom is -0.389 e. The van der Waals surface area contributed by atoms with Gasteiger partial charge in [-0.25, -0.2) is 0 Å². The van der Waals surface area contributed by atoms with E-state index in [-0.39, 0.29) is 5.41 Å². The van der Waals surface area contributed by atoms with E-state index in [2.05, 4.69) is 0 Å². The Hall–Kier alpha value is -0.120. The van der Waals surface area contributed by atoms with E-state index < -0.39 is 5.60 Å². The lowest BCUT2D eigenvalue weighted by atomic mass is 9.67. The molecule has 2 fully saturated rings. The molecule has 0 spiro atoms. The van der Waals surface area contributed by atoms with Crippen LogP contribution in [-0.2, 0) is 4.74 Å². The standard InChI is InChI=1S/C12H23NO2/c1-11(14,7-10-3-4-10)12(8-13)5-2-6-15-9-12/h10,14H,2-9,13H2,1H3. The molecule has 2 atom stereocenters. The van der Waals surface area contributed by atoms with E-state index in [1.807, 2.05) is 6.92 Å². The van der Waals surface area contributed by atoms with Crippen molar-refractivity contribution in [1.29, 1.82) is 0 Å². The molecule has 1 aliphatic heterocycles. The molecule has 3 N–H and O–H groups in total. The first-order chi connectivity index (χ1) is 7.10.